The van der Waals surface area contributed by atoms with Gasteiger partial charge in [0.05, 0.1) is 5.69 Å². The number of hydrogen-bond donors (Lipinski definition) is 0. The maximum absolute atomic E-state index is 13.5. The highest BCUT2D eigenvalue weighted by atomic mass is 32.2. The Morgan fingerprint density at radius 2 is 2.04 bits per heavy atom. The van der Waals surface area contributed by atoms with Gasteiger partial charge in [0.2, 0.25) is 15.0 Å². The van der Waals surface area contributed by atoms with Gasteiger partial charge in [-0.25, -0.2) is 22.8 Å². The Kier molecular flexibility index (Phi) is 4.06. The highest BCUT2D eigenvalue weighted by Gasteiger charge is 2.29. The summed E-state index contributed by atoms with van der Waals surface area (Å²) in [5.41, 5.74) is 2.75. The average Bonchev–Trinajstić information content (AvgIpc) is 3.38. The smallest absolute Gasteiger partial charge is 0.249 e. The molecule has 1 aliphatic carbocycles. The van der Waals surface area contributed by atoms with Gasteiger partial charge in [-0.05, 0) is 49.4 Å². The van der Waals surface area contributed by atoms with Gasteiger partial charge in [0.25, 0.3) is 0 Å². The Hall–Kier alpha value is -2.28. The van der Waals surface area contributed by atoms with Crippen molar-refractivity contribution in [2.45, 2.75) is 24.9 Å². The SMILES string of the molecule is Cc1cc(F)ccc1-c1nc(S(C)(=O)=O)nc2c1C=CCN2CC1CC1. The number of aromatic nitrogens is 2. The van der Waals surface area contributed by atoms with Gasteiger partial charge in [-0.15, -0.1) is 0 Å². The van der Waals surface area contributed by atoms with Crippen molar-refractivity contribution in [3.63, 3.8) is 0 Å². The van der Waals surface area contributed by atoms with Crippen molar-refractivity contribution in [3.05, 3.63) is 41.2 Å². The summed E-state index contributed by atoms with van der Waals surface area (Å²) in [7, 11) is -3.57. The molecule has 1 aromatic heterocycles. The van der Waals surface area contributed by atoms with Crippen LogP contribution >= 0.6 is 0 Å². The molecule has 0 bridgehead atoms. The van der Waals surface area contributed by atoms with Crippen LogP contribution in [0.15, 0.2) is 29.4 Å². The zero-order chi connectivity index (χ0) is 18.5. The summed E-state index contributed by atoms with van der Waals surface area (Å²) in [6.07, 6.45) is 7.48. The number of nitrogens with zero attached hydrogens (tertiary/aromatic N) is 3. The van der Waals surface area contributed by atoms with Crippen LogP contribution in [0.1, 0.15) is 24.0 Å². The summed E-state index contributed by atoms with van der Waals surface area (Å²) in [5.74, 6) is 0.957. The van der Waals surface area contributed by atoms with Crippen molar-refractivity contribution in [3.8, 4) is 11.3 Å². The van der Waals surface area contributed by atoms with Crippen LogP contribution in [0, 0.1) is 18.7 Å². The summed E-state index contributed by atoms with van der Waals surface area (Å²) in [6, 6.07) is 4.44. The molecule has 0 saturated heterocycles. The van der Waals surface area contributed by atoms with Crippen molar-refractivity contribution in [2.24, 2.45) is 5.92 Å². The van der Waals surface area contributed by atoms with E-state index in [1.54, 1.807) is 13.0 Å². The molecule has 0 unspecified atom stereocenters. The fourth-order valence-corrected chi connectivity index (χ4v) is 3.76. The van der Waals surface area contributed by atoms with E-state index in [4.69, 9.17) is 0 Å². The van der Waals surface area contributed by atoms with Crippen LogP contribution in [0.3, 0.4) is 0 Å². The molecule has 0 spiro atoms. The Bertz CT molecular complexity index is 1010. The molecule has 0 amide bonds. The van der Waals surface area contributed by atoms with E-state index in [9.17, 15) is 12.8 Å². The predicted octanol–water partition coefficient (Wildman–Crippen LogP) is 3.24. The fourth-order valence-electron chi connectivity index (χ4n) is 3.25. The van der Waals surface area contributed by atoms with Crippen molar-refractivity contribution in [1.29, 1.82) is 0 Å². The normalized spacial score (nSPS) is 16.7. The molecule has 0 N–H and O–H groups in total. The first-order valence-electron chi connectivity index (χ1n) is 8.63. The summed E-state index contributed by atoms with van der Waals surface area (Å²) in [4.78, 5) is 10.8. The summed E-state index contributed by atoms with van der Waals surface area (Å²) >= 11 is 0. The van der Waals surface area contributed by atoms with E-state index in [2.05, 4.69) is 14.9 Å². The van der Waals surface area contributed by atoms with Crippen molar-refractivity contribution < 1.29 is 12.8 Å². The van der Waals surface area contributed by atoms with Crippen molar-refractivity contribution >= 4 is 21.7 Å². The molecule has 0 atom stereocenters. The summed E-state index contributed by atoms with van der Waals surface area (Å²) in [6.45, 7) is 3.35. The number of rotatable bonds is 4. The molecule has 1 fully saturated rings. The minimum absolute atomic E-state index is 0.189. The zero-order valence-electron chi connectivity index (χ0n) is 14.7. The average molecular weight is 373 g/mol. The third-order valence-electron chi connectivity index (χ3n) is 4.77. The lowest BCUT2D eigenvalue weighted by Gasteiger charge is -2.28. The van der Waals surface area contributed by atoms with Gasteiger partial charge in [-0.1, -0.05) is 12.2 Å². The second-order valence-corrected chi connectivity index (χ2v) is 8.98. The first-order valence-corrected chi connectivity index (χ1v) is 10.5. The molecule has 136 valence electrons. The van der Waals surface area contributed by atoms with Gasteiger partial charge in [-0.3, -0.25) is 0 Å². The minimum Gasteiger partial charge on any atom is -0.352 e. The van der Waals surface area contributed by atoms with Crippen LogP contribution in [0.25, 0.3) is 17.3 Å². The number of aryl methyl sites for hydroxylation is 1. The molecule has 26 heavy (non-hydrogen) atoms. The zero-order valence-corrected chi connectivity index (χ0v) is 15.6. The van der Waals surface area contributed by atoms with Crippen LogP contribution in [-0.4, -0.2) is 37.7 Å². The first-order chi connectivity index (χ1) is 12.3. The van der Waals surface area contributed by atoms with E-state index in [0.29, 0.717) is 35.1 Å². The molecule has 2 aliphatic rings. The van der Waals surface area contributed by atoms with E-state index in [1.165, 1.54) is 25.0 Å². The number of fused-ring (bicyclic) bond motifs is 1. The number of benzene rings is 1. The monoisotopic (exact) mass is 373 g/mol. The number of hydrogen-bond acceptors (Lipinski definition) is 5. The molecule has 2 heterocycles. The maximum Gasteiger partial charge on any atom is 0.249 e. The van der Waals surface area contributed by atoms with Crippen molar-refractivity contribution in [2.75, 3.05) is 24.2 Å². The van der Waals surface area contributed by atoms with E-state index < -0.39 is 9.84 Å². The lowest BCUT2D eigenvalue weighted by Crippen LogP contribution is -2.30. The number of halogens is 1. The fraction of sp³-hybridized carbons (Fsp3) is 0.368. The summed E-state index contributed by atoms with van der Waals surface area (Å²) < 4.78 is 37.9. The lowest BCUT2D eigenvalue weighted by molar-refractivity contribution is 0.592. The Labute approximate surface area is 152 Å². The molecular weight excluding hydrogens is 353 g/mol. The molecule has 1 saturated carbocycles. The van der Waals surface area contributed by atoms with E-state index in [-0.39, 0.29) is 11.0 Å². The third kappa shape index (κ3) is 3.23. The van der Waals surface area contributed by atoms with Crippen LogP contribution in [0.5, 0.6) is 0 Å². The van der Waals surface area contributed by atoms with Gasteiger partial charge in [0.15, 0.2) is 0 Å². The first kappa shape index (κ1) is 17.1. The van der Waals surface area contributed by atoms with Crippen LogP contribution in [-0.2, 0) is 9.84 Å². The highest BCUT2D eigenvalue weighted by Crippen LogP contribution is 2.37. The van der Waals surface area contributed by atoms with E-state index in [1.807, 2.05) is 12.2 Å². The molecule has 1 aliphatic heterocycles. The van der Waals surface area contributed by atoms with E-state index in [0.717, 1.165) is 18.4 Å². The van der Waals surface area contributed by atoms with Crippen molar-refractivity contribution in [1.82, 2.24) is 9.97 Å². The molecular formula is C19H20FN3O2S. The number of anilines is 1. The van der Waals surface area contributed by atoms with Gasteiger partial charge in [-0.2, -0.15) is 0 Å². The largest absolute Gasteiger partial charge is 0.352 e. The Balaban J connectivity index is 1.94. The van der Waals surface area contributed by atoms with Crippen LogP contribution in [0.4, 0.5) is 10.2 Å². The molecule has 7 heteroatoms. The van der Waals surface area contributed by atoms with Gasteiger partial charge >= 0.3 is 0 Å². The maximum atomic E-state index is 13.5. The second-order valence-electron chi connectivity index (χ2n) is 7.07. The second kappa shape index (κ2) is 6.16. The van der Waals surface area contributed by atoms with Gasteiger partial charge in [0.1, 0.15) is 11.6 Å². The Morgan fingerprint density at radius 3 is 2.69 bits per heavy atom. The van der Waals surface area contributed by atoms with Gasteiger partial charge < -0.3 is 4.90 Å². The Morgan fingerprint density at radius 1 is 1.27 bits per heavy atom. The topological polar surface area (TPSA) is 63.2 Å². The quantitative estimate of drug-likeness (QED) is 0.770. The minimum atomic E-state index is -3.57. The summed E-state index contributed by atoms with van der Waals surface area (Å²) in [5, 5.41) is -0.189. The standard InChI is InChI=1S/C19H20FN3O2S/c1-12-10-14(20)7-8-15(12)17-16-4-3-9-23(11-13-5-6-13)18(16)22-19(21-17)26(2,24)25/h3-4,7-8,10,13H,5-6,9,11H2,1-2H3. The number of sulfone groups is 1. The van der Waals surface area contributed by atoms with Gasteiger partial charge in [0, 0.05) is 30.5 Å². The molecule has 5 nitrogen and oxygen atoms in total. The van der Waals surface area contributed by atoms with Crippen LogP contribution < -0.4 is 4.90 Å². The lowest BCUT2D eigenvalue weighted by atomic mass is 9.99. The molecule has 2 aromatic rings. The van der Waals surface area contributed by atoms with Crippen LogP contribution in [0.2, 0.25) is 0 Å². The highest BCUT2D eigenvalue weighted by molar-refractivity contribution is 7.90. The predicted molar refractivity (Wildman–Crippen MR) is 99.2 cm³/mol. The third-order valence-corrected chi connectivity index (χ3v) is 5.61. The van der Waals surface area contributed by atoms with E-state index >= 15 is 0 Å². The molecule has 1 aromatic carbocycles. The molecule has 0 radical (unpaired) electrons. The molecule has 4 rings (SSSR count).